The van der Waals surface area contributed by atoms with E-state index in [0.29, 0.717) is 0 Å². The number of aromatic nitrogens is 1. The Morgan fingerprint density at radius 2 is 0.641 bits per heavy atom. The van der Waals surface area contributed by atoms with Crippen LogP contribution < -0.4 is 0 Å². The molecule has 0 aliphatic heterocycles. The Morgan fingerprint density at radius 3 is 1.08 bits per heavy atom. The van der Waals surface area contributed by atoms with Crippen molar-refractivity contribution in [2.45, 2.75) is 231 Å². The van der Waals surface area contributed by atoms with Crippen molar-refractivity contribution >= 4 is 21.8 Å². The molecule has 2 heteroatoms. The maximum atomic E-state index is 14.7. The smallest absolute Gasteiger partial charge is 0.141 e. The molecule has 13 rings (SSSR count). The monoisotopic (exact) mass is 1210 g/mol. The second-order valence-corrected chi connectivity index (χ2v) is 28.5. The molecule has 2 nitrogen and oxygen atoms in total. The second-order valence-electron chi connectivity index (χ2n) is 28.5. The van der Waals surface area contributed by atoms with Crippen LogP contribution in [-0.2, 0) is 16.4 Å². The second kappa shape index (κ2) is 28.5. The van der Waals surface area contributed by atoms with Crippen molar-refractivity contribution in [2.75, 3.05) is 0 Å². The van der Waals surface area contributed by atoms with Gasteiger partial charge in [0.1, 0.15) is 5.60 Å². The first-order valence-electron chi connectivity index (χ1n) is 36.9. The van der Waals surface area contributed by atoms with Crippen molar-refractivity contribution in [2.24, 2.45) is 0 Å². The van der Waals surface area contributed by atoms with Gasteiger partial charge in [-0.3, -0.25) is 0 Å². The lowest BCUT2D eigenvalue weighted by Gasteiger charge is -2.33. The SMILES string of the molecule is CCCCCCCCC1(CCCCCCCC)c2ccccc2-c2ccc(-c3ccc4c(c3)C(O)(c3ccc5c(c3)c3ccccc3n5-c3ccc(C)cc3)c3cc(-c5ccc6c(c5)C(CCCCCCCC)(CCCCCCCC)c5ccccc5-6)ccc3-4)cc21. The van der Waals surface area contributed by atoms with Gasteiger partial charge in [0, 0.05) is 38.4 Å². The summed E-state index contributed by atoms with van der Waals surface area (Å²) in [4.78, 5) is 0. The average Bonchev–Trinajstić information content (AvgIpc) is 1.55. The van der Waals surface area contributed by atoms with E-state index in [2.05, 4.69) is 227 Å². The van der Waals surface area contributed by atoms with Crippen LogP contribution >= 0.6 is 0 Å². The van der Waals surface area contributed by atoms with Gasteiger partial charge < -0.3 is 9.67 Å². The van der Waals surface area contributed by atoms with Crippen molar-refractivity contribution < 1.29 is 5.11 Å². The molecule has 0 bridgehead atoms. The summed E-state index contributed by atoms with van der Waals surface area (Å²) in [5.74, 6) is 0. The van der Waals surface area contributed by atoms with Gasteiger partial charge in [-0.05, 0) is 171 Å². The highest BCUT2D eigenvalue weighted by atomic mass is 16.3. The highest BCUT2D eigenvalue weighted by Gasteiger charge is 2.47. The van der Waals surface area contributed by atoms with Crippen LogP contribution in [-0.4, -0.2) is 9.67 Å². The van der Waals surface area contributed by atoms with Gasteiger partial charge in [-0.2, -0.15) is 0 Å². The lowest BCUT2D eigenvalue weighted by Crippen LogP contribution is -2.26. The molecule has 0 spiro atoms. The minimum Gasteiger partial charge on any atom is -0.376 e. The summed E-state index contributed by atoms with van der Waals surface area (Å²) < 4.78 is 2.40. The van der Waals surface area contributed by atoms with Crippen molar-refractivity contribution in [3.63, 3.8) is 0 Å². The largest absolute Gasteiger partial charge is 0.376 e. The summed E-state index contributed by atoms with van der Waals surface area (Å²) in [5, 5.41) is 17.0. The molecular weight excluding hydrogens is 1110 g/mol. The lowest BCUT2D eigenvalue weighted by molar-refractivity contribution is 0.131. The zero-order valence-corrected chi connectivity index (χ0v) is 56.6. The predicted molar refractivity (Wildman–Crippen MR) is 395 cm³/mol. The van der Waals surface area contributed by atoms with E-state index in [1.807, 2.05) is 0 Å². The van der Waals surface area contributed by atoms with Gasteiger partial charge >= 0.3 is 0 Å². The van der Waals surface area contributed by atoms with E-state index in [4.69, 9.17) is 0 Å². The minimum atomic E-state index is -1.46. The normalized spacial score (nSPS) is 14.4. The van der Waals surface area contributed by atoms with Gasteiger partial charge in [-0.1, -0.05) is 321 Å². The predicted octanol–water partition coefficient (Wildman–Crippen LogP) is 26.2. The first kappa shape index (κ1) is 63.5. The molecule has 1 N–H and O–H groups in total. The van der Waals surface area contributed by atoms with Crippen LogP contribution in [0, 0.1) is 6.92 Å². The van der Waals surface area contributed by atoms with Crippen molar-refractivity contribution in [1.29, 1.82) is 0 Å². The molecule has 474 valence electrons. The lowest BCUT2D eigenvalue weighted by atomic mass is 9.70. The summed E-state index contributed by atoms with van der Waals surface area (Å²) in [6.07, 6.45) is 35.9. The van der Waals surface area contributed by atoms with Gasteiger partial charge in [0.2, 0.25) is 0 Å². The zero-order valence-electron chi connectivity index (χ0n) is 56.6. The highest BCUT2D eigenvalue weighted by Crippen LogP contribution is 2.59. The number of hydrogen-bond donors (Lipinski definition) is 1. The number of hydrogen-bond acceptors (Lipinski definition) is 1. The van der Waals surface area contributed by atoms with E-state index in [1.165, 1.54) is 246 Å². The maximum Gasteiger partial charge on any atom is 0.141 e. The van der Waals surface area contributed by atoms with Crippen LogP contribution in [0.1, 0.15) is 252 Å². The average molecular weight is 1210 g/mol. The number of benzene rings is 9. The molecule has 0 saturated carbocycles. The number of aryl methyl sites for hydroxylation is 1. The van der Waals surface area contributed by atoms with E-state index in [0.717, 1.165) is 61.1 Å². The Morgan fingerprint density at radius 1 is 0.293 bits per heavy atom. The molecule has 0 fully saturated rings. The van der Waals surface area contributed by atoms with E-state index >= 15 is 0 Å². The van der Waals surface area contributed by atoms with Crippen LogP contribution in [0.5, 0.6) is 0 Å². The number of aliphatic hydroxyl groups is 1. The number of nitrogens with zero attached hydrogens (tertiary/aromatic N) is 1. The summed E-state index contributed by atoms with van der Waals surface area (Å²) in [5.41, 5.74) is 24.7. The topological polar surface area (TPSA) is 25.2 Å². The molecule has 1 aromatic heterocycles. The molecule has 0 amide bonds. The Kier molecular flexibility index (Phi) is 19.7. The van der Waals surface area contributed by atoms with E-state index in [-0.39, 0.29) is 10.8 Å². The van der Waals surface area contributed by atoms with Gasteiger partial charge in [0.05, 0.1) is 11.0 Å². The van der Waals surface area contributed by atoms with Crippen molar-refractivity contribution in [3.05, 3.63) is 233 Å². The summed E-state index contributed by atoms with van der Waals surface area (Å²) in [7, 11) is 0. The van der Waals surface area contributed by atoms with Crippen molar-refractivity contribution in [1.82, 2.24) is 4.57 Å². The molecule has 92 heavy (non-hydrogen) atoms. The van der Waals surface area contributed by atoms with Gasteiger partial charge in [-0.15, -0.1) is 0 Å². The number of rotatable bonds is 32. The molecule has 3 aliphatic rings. The quantitative estimate of drug-likeness (QED) is 0.0418. The Hall–Kier alpha value is -7.26. The number of para-hydroxylation sites is 1. The fourth-order valence-electron chi connectivity index (χ4n) is 17.6. The molecule has 1 heterocycles. The summed E-state index contributed by atoms with van der Waals surface area (Å²) in [6, 6.07) is 72.5. The Labute approximate surface area is 553 Å². The van der Waals surface area contributed by atoms with Crippen LogP contribution in [0.4, 0.5) is 0 Å². The van der Waals surface area contributed by atoms with Gasteiger partial charge in [0.15, 0.2) is 0 Å². The van der Waals surface area contributed by atoms with E-state index < -0.39 is 5.60 Å². The molecule has 3 aliphatic carbocycles. The third-order valence-corrected chi connectivity index (χ3v) is 22.5. The van der Waals surface area contributed by atoms with E-state index in [1.54, 1.807) is 0 Å². The molecule has 0 saturated heterocycles. The zero-order chi connectivity index (χ0) is 63.1. The first-order chi connectivity index (χ1) is 45.3. The molecular formula is C90H103NO. The highest BCUT2D eigenvalue weighted by molar-refractivity contribution is 6.10. The van der Waals surface area contributed by atoms with Gasteiger partial charge in [-0.25, -0.2) is 0 Å². The third kappa shape index (κ3) is 12.0. The summed E-state index contributed by atoms with van der Waals surface area (Å²) in [6.45, 7) is 11.5. The maximum absolute atomic E-state index is 14.7. The molecule has 9 aromatic carbocycles. The Bertz CT molecular complexity index is 3950. The molecule has 0 atom stereocenters. The van der Waals surface area contributed by atoms with E-state index in [9.17, 15) is 5.11 Å². The van der Waals surface area contributed by atoms with Crippen LogP contribution in [0.3, 0.4) is 0 Å². The minimum absolute atomic E-state index is 0.0305. The Balaban J connectivity index is 0.938. The molecule has 0 radical (unpaired) electrons. The summed E-state index contributed by atoms with van der Waals surface area (Å²) >= 11 is 0. The number of unbranched alkanes of at least 4 members (excludes halogenated alkanes) is 20. The standard InChI is InChI=1S/C90H103NO/c1-6-10-14-18-22-32-56-88(57-33-23-19-15-11-7-2)80-39-29-26-36-72(80)74-51-44-66(60-82(74)88)68-46-53-76-77-54-47-69(67-45-52-75-73-37-27-30-40-81(73)89(83(75)61-67,58-34-24-20-16-12-8-3)59-35-25-21-17-13-9-4)63-85(77)90(92,84(76)62-68)70-48-55-87-79(64-70)78-38-28-31-41-86(78)91(87)71-49-42-65(5)43-50-71/h26-31,36-55,60-64,92H,6-25,32-35,56-59H2,1-5H3. The van der Waals surface area contributed by atoms with Crippen LogP contribution in [0.25, 0.3) is 83.1 Å². The van der Waals surface area contributed by atoms with Crippen LogP contribution in [0.15, 0.2) is 188 Å². The van der Waals surface area contributed by atoms with Crippen molar-refractivity contribution in [3.8, 4) is 61.3 Å². The fraction of sp³-hybridized carbons (Fsp3) is 0.400. The van der Waals surface area contributed by atoms with Crippen LogP contribution in [0.2, 0.25) is 0 Å². The first-order valence-corrected chi connectivity index (χ1v) is 36.9. The molecule has 10 aromatic rings. The van der Waals surface area contributed by atoms with Gasteiger partial charge in [0.25, 0.3) is 0 Å². The fourth-order valence-corrected chi connectivity index (χ4v) is 17.6. The molecule has 0 unspecified atom stereocenters. The number of fused-ring (bicyclic) bond motifs is 12. The third-order valence-electron chi connectivity index (χ3n) is 22.5.